The number of hydrogen-bond acceptors (Lipinski definition) is 10. The molecule has 0 aromatic heterocycles. The summed E-state index contributed by atoms with van der Waals surface area (Å²) in [5.74, 6) is -4.03. The second-order valence-electron chi connectivity index (χ2n) is 6.54. The van der Waals surface area contributed by atoms with Crippen molar-refractivity contribution in [2.24, 2.45) is 11.3 Å². The predicted octanol–water partition coefficient (Wildman–Crippen LogP) is 0.754. The minimum atomic E-state index is -1.91. The maximum Gasteiger partial charge on any atom is 0.324 e. The zero-order valence-electron chi connectivity index (χ0n) is 17.6. The molecule has 1 aliphatic rings. The molecule has 1 aliphatic heterocycles. The van der Waals surface area contributed by atoms with Crippen molar-refractivity contribution in [3.05, 3.63) is 12.2 Å². The van der Waals surface area contributed by atoms with Crippen LogP contribution in [0, 0.1) is 11.3 Å². The average Bonchev–Trinajstić information content (AvgIpc) is 2.70. The van der Waals surface area contributed by atoms with Crippen molar-refractivity contribution in [1.82, 2.24) is 0 Å². The number of ether oxygens (including phenoxy) is 5. The first-order chi connectivity index (χ1) is 14.3. The SMILES string of the molecule is CCOC(=O)C1(C(=O)OCC)C[C@H](CC(=O)OC)O[C@H](COC(C)=O)[C@@H]1/C=C/C=O. The van der Waals surface area contributed by atoms with E-state index >= 15 is 0 Å². The molecule has 1 rings (SSSR count). The molecule has 0 saturated carbocycles. The van der Waals surface area contributed by atoms with E-state index in [2.05, 4.69) is 4.74 Å². The lowest BCUT2D eigenvalue weighted by Gasteiger charge is -2.45. The molecule has 10 heteroatoms. The summed E-state index contributed by atoms with van der Waals surface area (Å²) in [7, 11) is 1.20. The van der Waals surface area contributed by atoms with E-state index < -0.39 is 47.4 Å². The van der Waals surface area contributed by atoms with Crippen LogP contribution in [-0.2, 0) is 47.7 Å². The van der Waals surface area contributed by atoms with Gasteiger partial charge in [-0.15, -0.1) is 0 Å². The van der Waals surface area contributed by atoms with Gasteiger partial charge in [0.25, 0.3) is 0 Å². The first kappa shape index (κ1) is 25.3. The highest BCUT2D eigenvalue weighted by molar-refractivity contribution is 6.01. The van der Waals surface area contributed by atoms with Crippen LogP contribution in [0.3, 0.4) is 0 Å². The zero-order valence-corrected chi connectivity index (χ0v) is 17.6. The molecule has 0 radical (unpaired) electrons. The molecule has 0 aliphatic carbocycles. The lowest BCUT2D eigenvalue weighted by atomic mass is 9.66. The van der Waals surface area contributed by atoms with E-state index in [4.69, 9.17) is 18.9 Å². The number of carbonyl (C=O) groups excluding carboxylic acids is 5. The fraction of sp³-hybridized carbons (Fsp3) is 0.650. The molecule has 0 unspecified atom stereocenters. The first-order valence-corrected chi connectivity index (χ1v) is 9.58. The summed E-state index contributed by atoms with van der Waals surface area (Å²) in [5.41, 5.74) is -1.91. The Balaban J connectivity index is 3.55. The summed E-state index contributed by atoms with van der Waals surface area (Å²) in [4.78, 5) is 60.3. The number of carbonyl (C=O) groups is 5. The number of hydrogen-bond donors (Lipinski definition) is 0. The van der Waals surface area contributed by atoms with Gasteiger partial charge in [-0.05, 0) is 19.9 Å². The lowest BCUT2D eigenvalue weighted by molar-refractivity contribution is -0.205. The van der Waals surface area contributed by atoms with Crippen LogP contribution in [-0.4, -0.2) is 69.3 Å². The molecule has 0 amide bonds. The van der Waals surface area contributed by atoms with Crippen LogP contribution in [0.1, 0.15) is 33.6 Å². The molecule has 3 atom stereocenters. The third-order valence-corrected chi connectivity index (χ3v) is 4.64. The second-order valence-corrected chi connectivity index (χ2v) is 6.54. The van der Waals surface area contributed by atoms with Gasteiger partial charge in [0.2, 0.25) is 0 Å². The lowest BCUT2D eigenvalue weighted by Crippen LogP contribution is -2.58. The minimum absolute atomic E-state index is 0.0127. The molecule has 0 N–H and O–H groups in total. The number of methoxy groups -OCH3 is 1. The fourth-order valence-corrected chi connectivity index (χ4v) is 3.42. The quantitative estimate of drug-likeness (QED) is 0.161. The smallest absolute Gasteiger partial charge is 0.324 e. The van der Waals surface area contributed by atoms with Crippen LogP contribution < -0.4 is 0 Å². The number of esters is 4. The highest BCUT2D eigenvalue weighted by Crippen LogP contribution is 2.46. The van der Waals surface area contributed by atoms with Crippen molar-refractivity contribution in [1.29, 1.82) is 0 Å². The van der Waals surface area contributed by atoms with E-state index in [9.17, 15) is 24.0 Å². The highest BCUT2D eigenvalue weighted by Gasteiger charge is 2.61. The average molecular weight is 428 g/mol. The fourth-order valence-electron chi connectivity index (χ4n) is 3.42. The van der Waals surface area contributed by atoms with Crippen molar-refractivity contribution in [2.45, 2.75) is 45.8 Å². The van der Waals surface area contributed by atoms with Gasteiger partial charge in [-0.2, -0.15) is 0 Å². The van der Waals surface area contributed by atoms with E-state index in [1.165, 1.54) is 20.1 Å². The zero-order chi connectivity index (χ0) is 22.7. The molecule has 1 saturated heterocycles. The molecule has 1 heterocycles. The topological polar surface area (TPSA) is 132 Å². The molecule has 10 nitrogen and oxygen atoms in total. The molecule has 0 aromatic carbocycles. The largest absolute Gasteiger partial charge is 0.469 e. The molecule has 0 bridgehead atoms. The van der Waals surface area contributed by atoms with Gasteiger partial charge >= 0.3 is 23.9 Å². The van der Waals surface area contributed by atoms with E-state index in [0.29, 0.717) is 6.29 Å². The van der Waals surface area contributed by atoms with Crippen molar-refractivity contribution in [3.63, 3.8) is 0 Å². The molecular weight excluding hydrogens is 400 g/mol. The molecular formula is C20H28O10. The van der Waals surface area contributed by atoms with Crippen molar-refractivity contribution >= 4 is 30.2 Å². The Bertz CT molecular complexity index is 650. The Hall–Kier alpha value is -2.75. The molecule has 1 fully saturated rings. The first-order valence-electron chi connectivity index (χ1n) is 9.58. The Morgan fingerprint density at radius 2 is 1.67 bits per heavy atom. The molecule has 0 aromatic rings. The van der Waals surface area contributed by atoms with Crippen LogP contribution in [0.5, 0.6) is 0 Å². The normalized spacial score (nSPS) is 22.7. The van der Waals surface area contributed by atoms with Crippen LogP contribution in [0.25, 0.3) is 0 Å². The van der Waals surface area contributed by atoms with Gasteiger partial charge < -0.3 is 23.7 Å². The minimum Gasteiger partial charge on any atom is -0.469 e. The monoisotopic (exact) mass is 428 g/mol. The highest BCUT2D eigenvalue weighted by atomic mass is 16.6. The van der Waals surface area contributed by atoms with E-state index in [1.54, 1.807) is 13.8 Å². The molecule has 168 valence electrons. The van der Waals surface area contributed by atoms with Gasteiger partial charge in [-0.25, -0.2) is 0 Å². The number of aldehydes is 1. The van der Waals surface area contributed by atoms with Gasteiger partial charge in [0.15, 0.2) is 5.41 Å². The molecule has 30 heavy (non-hydrogen) atoms. The maximum atomic E-state index is 13.1. The third kappa shape index (κ3) is 6.12. The van der Waals surface area contributed by atoms with Crippen molar-refractivity contribution in [3.8, 4) is 0 Å². The number of allylic oxidation sites excluding steroid dienone is 1. The van der Waals surface area contributed by atoms with Crippen LogP contribution in [0.4, 0.5) is 0 Å². The summed E-state index contributed by atoms with van der Waals surface area (Å²) >= 11 is 0. The van der Waals surface area contributed by atoms with E-state index in [-0.39, 0.29) is 32.7 Å². The van der Waals surface area contributed by atoms with Gasteiger partial charge in [0.05, 0.1) is 39.0 Å². The standard InChI is InChI=1S/C20H28O10/c1-5-27-18(24)20(19(25)28-6-2)11-14(10-17(23)26-4)30-16(12-29-13(3)22)15(20)8-7-9-21/h7-9,14-16H,5-6,10-12H2,1-4H3/b8-7+/t14-,15-,16+/m0/s1. The molecule has 0 spiro atoms. The van der Waals surface area contributed by atoms with Gasteiger partial charge in [0, 0.05) is 19.3 Å². The van der Waals surface area contributed by atoms with Gasteiger partial charge in [-0.3, -0.25) is 24.0 Å². The van der Waals surface area contributed by atoms with Crippen molar-refractivity contribution in [2.75, 3.05) is 26.9 Å². The van der Waals surface area contributed by atoms with Gasteiger partial charge in [-0.1, -0.05) is 6.08 Å². The van der Waals surface area contributed by atoms with E-state index in [1.807, 2.05) is 0 Å². The summed E-state index contributed by atoms with van der Waals surface area (Å²) in [6.45, 7) is 4.00. The van der Waals surface area contributed by atoms with Crippen LogP contribution >= 0.6 is 0 Å². The Kier molecular flexibility index (Phi) is 10.2. The second kappa shape index (κ2) is 12.1. The third-order valence-electron chi connectivity index (χ3n) is 4.64. The predicted molar refractivity (Wildman–Crippen MR) is 101 cm³/mol. The summed E-state index contributed by atoms with van der Waals surface area (Å²) in [5, 5.41) is 0. The maximum absolute atomic E-state index is 13.1. The Morgan fingerprint density at radius 3 is 2.13 bits per heavy atom. The van der Waals surface area contributed by atoms with Gasteiger partial charge in [0.1, 0.15) is 12.9 Å². The van der Waals surface area contributed by atoms with Crippen molar-refractivity contribution < 1.29 is 47.7 Å². The summed E-state index contributed by atoms with van der Waals surface area (Å²) < 4.78 is 25.9. The van der Waals surface area contributed by atoms with Crippen LogP contribution in [0.15, 0.2) is 12.2 Å². The number of rotatable bonds is 10. The summed E-state index contributed by atoms with van der Waals surface area (Å²) in [6.07, 6.45) is 0.466. The Morgan fingerprint density at radius 1 is 1.07 bits per heavy atom. The Labute approximate surface area is 174 Å². The van der Waals surface area contributed by atoms with Crippen LogP contribution in [0.2, 0.25) is 0 Å². The van der Waals surface area contributed by atoms with E-state index in [0.717, 1.165) is 6.08 Å². The summed E-state index contributed by atoms with van der Waals surface area (Å²) in [6, 6.07) is 0.